The summed E-state index contributed by atoms with van der Waals surface area (Å²) in [6.45, 7) is 0. The SMILES string of the molecule is O=[N+]([O-])c1ccc(NN=CCc2c[nH]c3ccccc23)c([N+](=O)[O-])c1. The van der Waals surface area contributed by atoms with Crippen LogP contribution in [0.5, 0.6) is 0 Å². The zero-order valence-corrected chi connectivity index (χ0v) is 12.9. The van der Waals surface area contributed by atoms with Crippen LogP contribution < -0.4 is 5.43 Å². The summed E-state index contributed by atoms with van der Waals surface area (Å²) in [6.07, 6.45) is 3.99. The molecule has 0 bridgehead atoms. The number of para-hydroxylation sites is 1. The third-order valence-corrected chi connectivity index (χ3v) is 3.65. The Bertz CT molecular complexity index is 980. The van der Waals surface area contributed by atoms with Crippen LogP contribution in [0.25, 0.3) is 10.9 Å². The van der Waals surface area contributed by atoms with Crippen LogP contribution in [0, 0.1) is 20.2 Å². The highest BCUT2D eigenvalue weighted by atomic mass is 16.6. The predicted octanol–water partition coefficient (Wildman–Crippen LogP) is 3.62. The molecule has 9 nitrogen and oxygen atoms in total. The maximum Gasteiger partial charge on any atom is 0.301 e. The topological polar surface area (TPSA) is 126 Å². The van der Waals surface area contributed by atoms with Crippen molar-refractivity contribution in [3.8, 4) is 0 Å². The van der Waals surface area contributed by atoms with E-state index in [9.17, 15) is 20.2 Å². The van der Waals surface area contributed by atoms with Crippen LogP contribution in [0.4, 0.5) is 17.1 Å². The number of non-ortho nitro benzene ring substituents is 1. The number of hydrogen-bond donors (Lipinski definition) is 2. The molecule has 0 spiro atoms. The highest BCUT2D eigenvalue weighted by Crippen LogP contribution is 2.28. The fraction of sp³-hybridized carbons (Fsp3) is 0.0625. The maximum absolute atomic E-state index is 11.0. The molecule has 3 rings (SSSR count). The second-order valence-electron chi connectivity index (χ2n) is 5.20. The lowest BCUT2D eigenvalue weighted by Crippen LogP contribution is -1.99. The largest absolute Gasteiger partial charge is 0.361 e. The molecule has 0 aliphatic rings. The number of nitro benzene ring substituents is 2. The normalized spacial score (nSPS) is 11.0. The lowest BCUT2D eigenvalue weighted by Gasteiger charge is -2.01. The molecule has 1 aromatic heterocycles. The van der Waals surface area contributed by atoms with Gasteiger partial charge in [0.05, 0.1) is 15.9 Å². The van der Waals surface area contributed by atoms with E-state index in [1.54, 1.807) is 6.21 Å². The molecule has 9 heteroatoms. The van der Waals surface area contributed by atoms with Crippen LogP contribution in [-0.4, -0.2) is 21.0 Å². The minimum Gasteiger partial charge on any atom is -0.361 e. The number of nitrogens with one attached hydrogen (secondary N) is 2. The molecule has 0 aliphatic heterocycles. The summed E-state index contributed by atoms with van der Waals surface area (Å²) in [5, 5.41) is 26.8. The molecule has 25 heavy (non-hydrogen) atoms. The molecule has 0 radical (unpaired) electrons. The Morgan fingerprint density at radius 2 is 1.92 bits per heavy atom. The van der Waals surface area contributed by atoms with Crippen LogP contribution in [0.2, 0.25) is 0 Å². The maximum atomic E-state index is 11.0. The van der Waals surface area contributed by atoms with E-state index in [0.29, 0.717) is 6.42 Å². The van der Waals surface area contributed by atoms with Crippen LogP contribution >= 0.6 is 0 Å². The van der Waals surface area contributed by atoms with Gasteiger partial charge in [0.25, 0.3) is 5.69 Å². The van der Waals surface area contributed by atoms with Gasteiger partial charge in [0.1, 0.15) is 5.69 Å². The molecule has 0 aliphatic carbocycles. The van der Waals surface area contributed by atoms with Gasteiger partial charge >= 0.3 is 5.69 Å². The molecular weight excluding hydrogens is 326 g/mol. The average molecular weight is 339 g/mol. The number of benzene rings is 2. The van der Waals surface area contributed by atoms with Crippen molar-refractivity contribution in [1.29, 1.82) is 0 Å². The van der Waals surface area contributed by atoms with E-state index in [4.69, 9.17) is 0 Å². The van der Waals surface area contributed by atoms with E-state index in [1.807, 2.05) is 30.5 Å². The van der Waals surface area contributed by atoms with Crippen molar-refractivity contribution in [3.05, 3.63) is 74.5 Å². The average Bonchev–Trinajstić information content (AvgIpc) is 3.01. The molecule has 0 saturated heterocycles. The number of aromatic amines is 1. The number of nitrogens with zero attached hydrogens (tertiary/aromatic N) is 3. The highest BCUT2D eigenvalue weighted by molar-refractivity contribution is 5.85. The standard InChI is InChI=1S/C16H13N5O4/c22-20(23)12-5-6-15(16(9-12)21(24)25)19-18-8-7-11-10-17-14-4-2-1-3-13(11)14/h1-6,8-10,17,19H,7H2. The van der Waals surface area contributed by atoms with E-state index in [0.717, 1.165) is 22.5 Å². The molecule has 2 N–H and O–H groups in total. The van der Waals surface area contributed by atoms with Crippen LogP contribution in [-0.2, 0) is 6.42 Å². The molecule has 3 aromatic rings. The monoisotopic (exact) mass is 339 g/mol. The molecule has 1 heterocycles. The Balaban J connectivity index is 1.73. The number of hydrazone groups is 1. The summed E-state index contributed by atoms with van der Waals surface area (Å²) < 4.78 is 0. The smallest absolute Gasteiger partial charge is 0.301 e. The van der Waals surface area contributed by atoms with Crippen molar-refractivity contribution >= 4 is 34.2 Å². The second kappa shape index (κ2) is 6.79. The van der Waals surface area contributed by atoms with Crippen LogP contribution in [0.3, 0.4) is 0 Å². The molecule has 126 valence electrons. The van der Waals surface area contributed by atoms with Crippen molar-refractivity contribution in [2.75, 3.05) is 5.43 Å². The number of aromatic nitrogens is 1. The first-order valence-electron chi connectivity index (χ1n) is 7.31. The van der Waals surface area contributed by atoms with E-state index in [1.165, 1.54) is 12.1 Å². The fourth-order valence-corrected chi connectivity index (χ4v) is 2.44. The van der Waals surface area contributed by atoms with Crippen molar-refractivity contribution in [1.82, 2.24) is 4.98 Å². The van der Waals surface area contributed by atoms with Crippen LogP contribution in [0.15, 0.2) is 53.8 Å². The van der Waals surface area contributed by atoms with Gasteiger partial charge in [0, 0.05) is 35.8 Å². The second-order valence-corrected chi connectivity index (χ2v) is 5.20. The number of rotatable bonds is 6. The van der Waals surface area contributed by atoms with Gasteiger partial charge in [0.15, 0.2) is 0 Å². The zero-order valence-electron chi connectivity index (χ0n) is 12.9. The fourth-order valence-electron chi connectivity index (χ4n) is 2.44. The van der Waals surface area contributed by atoms with E-state index in [-0.39, 0.29) is 11.4 Å². The molecular formula is C16H13N5O4. The predicted molar refractivity (Wildman–Crippen MR) is 93.9 cm³/mol. The first-order valence-corrected chi connectivity index (χ1v) is 7.31. The first-order chi connectivity index (χ1) is 12.1. The summed E-state index contributed by atoms with van der Waals surface area (Å²) in [6, 6.07) is 11.2. The Morgan fingerprint density at radius 1 is 1.12 bits per heavy atom. The number of fused-ring (bicyclic) bond motifs is 1. The molecule has 0 atom stereocenters. The minimum atomic E-state index is -0.690. The highest BCUT2D eigenvalue weighted by Gasteiger charge is 2.19. The number of hydrogen-bond acceptors (Lipinski definition) is 6. The van der Waals surface area contributed by atoms with Crippen molar-refractivity contribution in [2.45, 2.75) is 6.42 Å². The van der Waals surface area contributed by atoms with Crippen molar-refractivity contribution < 1.29 is 9.85 Å². The lowest BCUT2D eigenvalue weighted by molar-refractivity contribution is -0.393. The van der Waals surface area contributed by atoms with Gasteiger partial charge in [-0.2, -0.15) is 5.10 Å². The summed E-state index contributed by atoms with van der Waals surface area (Å²) in [4.78, 5) is 23.5. The van der Waals surface area contributed by atoms with Gasteiger partial charge in [-0.05, 0) is 17.7 Å². The molecule has 0 amide bonds. The van der Waals surface area contributed by atoms with E-state index in [2.05, 4.69) is 15.5 Å². The third kappa shape index (κ3) is 3.44. The van der Waals surface area contributed by atoms with Crippen molar-refractivity contribution in [2.24, 2.45) is 5.10 Å². The summed E-state index contributed by atoms with van der Waals surface area (Å²) in [7, 11) is 0. The van der Waals surface area contributed by atoms with Gasteiger partial charge in [-0.15, -0.1) is 0 Å². The number of H-pyrrole nitrogens is 1. The number of nitro groups is 2. The molecule has 0 fully saturated rings. The summed E-state index contributed by atoms with van der Waals surface area (Å²) >= 11 is 0. The van der Waals surface area contributed by atoms with E-state index >= 15 is 0 Å². The van der Waals surface area contributed by atoms with Gasteiger partial charge in [0.2, 0.25) is 0 Å². The summed E-state index contributed by atoms with van der Waals surface area (Å²) in [5.74, 6) is 0. The Morgan fingerprint density at radius 3 is 2.68 bits per heavy atom. The Kier molecular flexibility index (Phi) is 4.38. The zero-order chi connectivity index (χ0) is 17.8. The van der Waals surface area contributed by atoms with Gasteiger partial charge in [-0.3, -0.25) is 25.7 Å². The Hall–Kier alpha value is -3.75. The van der Waals surface area contributed by atoms with Crippen LogP contribution in [0.1, 0.15) is 5.56 Å². The summed E-state index contributed by atoms with van der Waals surface area (Å²) in [5.41, 5.74) is 3.96. The van der Waals surface area contributed by atoms with Gasteiger partial charge in [-0.25, -0.2) is 0 Å². The number of anilines is 1. The Labute approximate surface area is 141 Å². The third-order valence-electron chi connectivity index (χ3n) is 3.65. The van der Waals surface area contributed by atoms with Gasteiger partial charge in [-0.1, -0.05) is 18.2 Å². The minimum absolute atomic E-state index is 0.0887. The molecule has 0 saturated carbocycles. The quantitative estimate of drug-likeness (QED) is 0.403. The molecule has 0 unspecified atom stereocenters. The lowest BCUT2D eigenvalue weighted by atomic mass is 10.1. The van der Waals surface area contributed by atoms with Crippen molar-refractivity contribution in [3.63, 3.8) is 0 Å². The molecule has 2 aromatic carbocycles. The van der Waals surface area contributed by atoms with Gasteiger partial charge < -0.3 is 4.98 Å². The van der Waals surface area contributed by atoms with E-state index < -0.39 is 15.5 Å². The first kappa shape index (κ1) is 16.1.